The Morgan fingerprint density at radius 3 is 2.67 bits per heavy atom. The van der Waals surface area contributed by atoms with Crippen LogP contribution in [0.2, 0.25) is 0 Å². The van der Waals surface area contributed by atoms with Gasteiger partial charge in [0.25, 0.3) is 5.91 Å². The summed E-state index contributed by atoms with van der Waals surface area (Å²) in [6, 6.07) is 3.84. The van der Waals surface area contributed by atoms with Crippen molar-refractivity contribution in [2.24, 2.45) is 17.6 Å². The van der Waals surface area contributed by atoms with Gasteiger partial charge in [0.05, 0.1) is 6.10 Å². The zero-order chi connectivity index (χ0) is 18.1. The number of piperidine rings is 1. The number of rotatable bonds is 5. The molecule has 1 aliphatic carbocycles. The maximum atomic E-state index is 11.6. The summed E-state index contributed by atoms with van der Waals surface area (Å²) in [5, 5.41) is 0. The molecule has 3 fully saturated rings. The van der Waals surface area contributed by atoms with Crippen molar-refractivity contribution in [2.45, 2.75) is 43.8 Å². The number of primary amides is 1. The molecule has 1 unspecified atom stereocenters. The molecule has 0 aromatic carbocycles. The van der Waals surface area contributed by atoms with E-state index < -0.39 is 5.91 Å². The number of methoxy groups -OCH3 is 1. The van der Waals surface area contributed by atoms with Gasteiger partial charge in [0.15, 0.2) is 0 Å². The van der Waals surface area contributed by atoms with Crippen LogP contribution in [0.3, 0.4) is 0 Å². The normalized spacial score (nSPS) is 33.4. The van der Waals surface area contributed by atoms with Crippen molar-refractivity contribution >= 4 is 18.3 Å². The highest BCUT2D eigenvalue weighted by Gasteiger charge is 2.53. The van der Waals surface area contributed by atoms with Gasteiger partial charge in [-0.05, 0) is 43.4 Å². The molecule has 150 valence electrons. The topological polar surface area (TPSA) is 77.7 Å². The van der Waals surface area contributed by atoms with Crippen LogP contribution in [-0.4, -0.2) is 55.2 Å². The minimum Gasteiger partial charge on any atom is -0.377 e. The number of pyridine rings is 1. The van der Waals surface area contributed by atoms with Gasteiger partial charge in [0.1, 0.15) is 11.3 Å². The largest absolute Gasteiger partial charge is 0.377 e. The highest BCUT2D eigenvalue weighted by molar-refractivity contribution is 5.90. The van der Waals surface area contributed by atoms with Gasteiger partial charge >= 0.3 is 0 Å². The van der Waals surface area contributed by atoms with Crippen LogP contribution in [0.4, 0.5) is 0 Å². The van der Waals surface area contributed by atoms with Gasteiger partial charge < -0.3 is 15.2 Å². The molecule has 2 saturated heterocycles. The molecule has 27 heavy (non-hydrogen) atoms. The van der Waals surface area contributed by atoms with Gasteiger partial charge in [-0.1, -0.05) is 6.42 Å². The van der Waals surface area contributed by atoms with E-state index in [4.69, 9.17) is 15.2 Å². The Kier molecular flexibility index (Phi) is 6.41. The summed E-state index contributed by atoms with van der Waals surface area (Å²) in [6.45, 7) is 3.95. The predicted molar refractivity (Wildman–Crippen MR) is 105 cm³/mol. The number of halogens is 1. The minimum absolute atomic E-state index is 0. The first-order chi connectivity index (χ1) is 12.6. The van der Waals surface area contributed by atoms with Crippen LogP contribution in [0, 0.1) is 11.8 Å². The van der Waals surface area contributed by atoms with E-state index in [1.165, 1.54) is 19.3 Å². The van der Waals surface area contributed by atoms with E-state index >= 15 is 0 Å². The second-order valence-electron chi connectivity index (χ2n) is 7.97. The third kappa shape index (κ3) is 3.73. The van der Waals surface area contributed by atoms with Crippen LogP contribution in [0.5, 0.6) is 0 Å². The fourth-order valence-electron chi connectivity index (χ4n) is 5.48. The first-order valence-electron chi connectivity index (χ1n) is 9.79. The van der Waals surface area contributed by atoms with Crippen LogP contribution in [0.1, 0.15) is 48.2 Å². The lowest BCUT2D eigenvalue weighted by molar-refractivity contribution is -0.171. The molecule has 2 N–H and O–H groups in total. The Hall–Kier alpha value is -1.21. The summed E-state index contributed by atoms with van der Waals surface area (Å²) in [5.74, 6) is 0.327. The second kappa shape index (κ2) is 8.43. The second-order valence-corrected chi connectivity index (χ2v) is 7.97. The summed E-state index contributed by atoms with van der Waals surface area (Å²) in [4.78, 5) is 18.3. The zero-order valence-electron chi connectivity index (χ0n) is 15.9. The number of amides is 1. The number of hydrogen-bond donors (Lipinski definition) is 1. The lowest BCUT2D eigenvalue weighted by atomic mass is 9.62. The number of fused-ring (bicyclic) bond motifs is 2. The number of nitrogens with zero attached hydrogens (tertiary/aromatic N) is 2. The average Bonchev–Trinajstić information content (AvgIpc) is 3.14. The van der Waals surface area contributed by atoms with E-state index in [1.54, 1.807) is 6.20 Å². The van der Waals surface area contributed by atoms with E-state index in [9.17, 15) is 4.79 Å². The van der Waals surface area contributed by atoms with E-state index in [0.717, 1.165) is 44.6 Å². The van der Waals surface area contributed by atoms with Crippen LogP contribution < -0.4 is 5.73 Å². The van der Waals surface area contributed by atoms with Crippen molar-refractivity contribution in [3.8, 4) is 0 Å². The Morgan fingerprint density at radius 1 is 1.33 bits per heavy atom. The molecular weight excluding hydrogens is 366 g/mol. The number of likely N-dealkylation sites (tertiary alicyclic amines) is 1. The van der Waals surface area contributed by atoms with Crippen molar-refractivity contribution in [1.82, 2.24) is 9.88 Å². The van der Waals surface area contributed by atoms with Gasteiger partial charge in [-0.3, -0.25) is 14.7 Å². The van der Waals surface area contributed by atoms with Crippen molar-refractivity contribution in [2.75, 3.05) is 33.4 Å². The molecule has 0 radical (unpaired) electrons. The van der Waals surface area contributed by atoms with Crippen molar-refractivity contribution in [1.29, 1.82) is 0 Å². The van der Waals surface area contributed by atoms with Crippen molar-refractivity contribution in [3.63, 3.8) is 0 Å². The molecule has 6 nitrogen and oxygen atoms in total. The molecule has 0 spiro atoms. The molecule has 1 amide bonds. The third-order valence-electron chi connectivity index (χ3n) is 6.56. The lowest BCUT2D eigenvalue weighted by Gasteiger charge is -2.55. The Labute approximate surface area is 167 Å². The number of hydrogen-bond acceptors (Lipinski definition) is 5. The first kappa shape index (κ1) is 20.5. The molecule has 4 atom stereocenters. The van der Waals surface area contributed by atoms with E-state index in [-0.39, 0.29) is 18.0 Å². The van der Waals surface area contributed by atoms with Crippen LogP contribution in [0.25, 0.3) is 0 Å². The van der Waals surface area contributed by atoms with Crippen LogP contribution >= 0.6 is 12.4 Å². The maximum Gasteiger partial charge on any atom is 0.267 e. The molecule has 1 saturated carbocycles. The van der Waals surface area contributed by atoms with Gasteiger partial charge in [-0.15, -0.1) is 12.4 Å². The molecule has 3 heterocycles. The zero-order valence-corrected chi connectivity index (χ0v) is 16.7. The molecule has 7 heteroatoms. The summed E-state index contributed by atoms with van der Waals surface area (Å²) in [5.41, 5.74) is 6.48. The van der Waals surface area contributed by atoms with Crippen molar-refractivity contribution < 1.29 is 14.3 Å². The maximum absolute atomic E-state index is 11.6. The Bertz CT molecular complexity index is 652. The summed E-state index contributed by atoms with van der Waals surface area (Å²) in [6.07, 6.45) is 7.94. The molecule has 1 aromatic rings. The molecule has 1 aromatic heterocycles. The highest BCUT2D eigenvalue weighted by atomic mass is 35.5. The molecule has 4 rings (SSSR count). The van der Waals surface area contributed by atoms with Gasteiger partial charge in [-0.2, -0.15) is 0 Å². The summed E-state index contributed by atoms with van der Waals surface area (Å²) >= 11 is 0. The average molecular weight is 396 g/mol. The Balaban J connectivity index is 0.00000210. The fraction of sp³-hybridized carbons (Fsp3) is 0.700. The predicted octanol–water partition coefficient (Wildman–Crippen LogP) is 2.35. The van der Waals surface area contributed by atoms with Crippen molar-refractivity contribution in [3.05, 3.63) is 29.6 Å². The monoisotopic (exact) mass is 395 g/mol. The number of carbonyl (C=O) groups is 1. The van der Waals surface area contributed by atoms with Gasteiger partial charge in [-0.25, -0.2) is 0 Å². The van der Waals surface area contributed by atoms with Gasteiger partial charge in [0.2, 0.25) is 0 Å². The highest BCUT2D eigenvalue weighted by Crippen LogP contribution is 2.51. The van der Waals surface area contributed by atoms with Crippen LogP contribution in [0.15, 0.2) is 18.3 Å². The SMILES string of the molecule is COC1(c2ccnc(C(N)=O)c2)[C@@H]2CCC[C@H]1CN(C[C@@H]1CCCO1)C2.Cl. The third-order valence-corrected chi connectivity index (χ3v) is 6.56. The van der Waals surface area contributed by atoms with E-state index in [2.05, 4.69) is 9.88 Å². The number of carbonyl (C=O) groups excluding carboxylic acids is 1. The van der Waals surface area contributed by atoms with E-state index in [0.29, 0.717) is 23.6 Å². The first-order valence-corrected chi connectivity index (χ1v) is 9.79. The fourth-order valence-corrected chi connectivity index (χ4v) is 5.48. The number of ether oxygens (including phenoxy) is 2. The van der Waals surface area contributed by atoms with Gasteiger partial charge in [0, 0.05) is 51.4 Å². The minimum atomic E-state index is -0.487. The number of nitrogens with two attached hydrogens (primary N) is 1. The standard InChI is InChI=1S/C20H29N3O3.ClH/c1-25-20(14-7-8-22-18(10-14)19(21)24)15-4-2-5-16(20)12-23(11-15)13-17-6-3-9-26-17;/h7-8,10,15-17H,2-6,9,11-13H2,1H3,(H2,21,24);1H/t15-,16+,17-,20?;/m0./s1. The van der Waals surface area contributed by atoms with E-state index in [1.807, 2.05) is 19.2 Å². The Morgan fingerprint density at radius 2 is 2.07 bits per heavy atom. The quantitative estimate of drug-likeness (QED) is 0.828. The lowest BCUT2D eigenvalue weighted by Crippen LogP contribution is -2.59. The van der Waals surface area contributed by atoms with Crippen LogP contribution in [-0.2, 0) is 15.1 Å². The summed E-state index contributed by atoms with van der Waals surface area (Å²) in [7, 11) is 1.81. The smallest absolute Gasteiger partial charge is 0.267 e. The molecule has 3 aliphatic rings. The number of aromatic nitrogens is 1. The molecular formula is C20H30ClN3O3. The summed E-state index contributed by atoms with van der Waals surface area (Å²) < 4.78 is 12.1. The molecule has 2 aliphatic heterocycles. The molecule has 2 bridgehead atoms.